The van der Waals surface area contributed by atoms with E-state index in [0.29, 0.717) is 5.95 Å². The van der Waals surface area contributed by atoms with Gasteiger partial charge < -0.3 is 10.2 Å². The molecule has 1 fully saturated rings. The van der Waals surface area contributed by atoms with E-state index in [-0.39, 0.29) is 0 Å². The average molecular weight is 220 g/mol. The third-order valence-corrected chi connectivity index (χ3v) is 3.03. The first-order chi connectivity index (χ1) is 7.74. The molecule has 0 aromatic carbocycles. The first-order valence-electron chi connectivity index (χ1n) is 6.01. The molecule has 4 heteroatoms. The highest BCUT2D eigenvalue weighted by Gasteiger charge is 2.25. The van der Waals surface area contributed by atoms with Crippen molar-refractivity contribution in [3.63, 3.8) is 0 Å². The fraction of sp³-hybridized carbons (Fsp3) is 0.667. The molecule has 0 spiro atoms. The van der Waals surface area contributed by atoms with E-state index in [4.69, 9.17) is 0 Å². The number of rotatable bonds is 5. The summed E-state index contributed by atoms with van der Waals surface area (Å²) in [5.41, 5.74) is 1.15. The lowest BCUT2D eigenvalue weighted by Gasteiger charge is -2.23. The normalized spacial score (nSPS) is 14.9. The number of anilines is 2. The Labute approximate surface area is 97.1 Å². The van der Waals surface area contributed by atoms with Crippen molar-refractivity contribution >= 4 is 11.8 Å². The average Bonchev–Trinajstić information content (AvgIpc) is 3.11. The molecule has 1 saturated carbocycles. The monoisotopic (exact) mass is 220 g/mol. The van der Waals surface area contributed by atoms with Gasteiger partial charge in [-0.25, -0.2) is 4.98 Å². The van der Waals surface area contributed by atoms with Crippen molar-refractivity contribution in [1.82, 2.24) is 9.97 Å². The molecule has 2 rings (SSSR count). The van der Waals surface area contributed by atoms with Crippen molar-refractivity contribution in [2.24, 2.45) is 5.92 Å². The summed E-state index contributed by atoms with van der Waals surface area (Å²) in [6, 6.07) is 0. The number of hydrogen-bond donors (Lipinski definition) is 1. The SMILES string of the molecule is CCN(CC1CC1)c1nc(NC)ncc1C. The molecule has 1 heterocycles. The lowest BCUT2D eigenvalue weighted by Crippen LogP contribution is -2.27. The van der Waals surface area contributed by atoms with Gasteiger partial charge in [0.15, 0.2) is 0 Å². The zero-order valence-corrected chi connectivity index (χ0v) is 10.3. The van der Waals surface area contributed by atoms with Gasteiger partial charge in [-0.3, -0.25) is 0 Å². The molecular formula is C12H20N4. The van der Waals surface area contributed by atoms with Gasteiger partial charge in [0.05, 0.1) is 0 Å². The van der Waals surface area contributed by atoms with Crippen LogP contribution in [-0.4, -0.2) is 30.1 Å². The quantitative estimate of drug-likeness (QED) is 0.824. The van der Waals surface area contributed by atoms with Crippen LogP contribution in [0.5, 0.6) is 0 Å². The maximum atomic E-state index is 4.55. The van der Waals surface area contributed by atoms with E-state index in [9.17, 15) is 0 Å². The Bertz CT molecular complexity index is 360. The highest BCUT2D eigenvalue weighted by molar-refractivity contribution is 5.48. The summed E-state index contributed by atoms with van der Waals surface area (Å²) in [7, 11) is 1.85. The first-order valence-corrected chi connectivity index (χ1v) is 6.01. The van der Waals surface area contributed by atoms with Crippen LogP contribution >= 0.6 is 0 Å². The number of nitrogens with zero attached hydrogens (tertiary/aromatic N) is 3. The van der Waals surface area contributed by atoms with E-state index in [0.717, 1.165) is 30.4 Å². The molecule has 0 aliphatic heterocycles. The zero-order valence-electron chi connectivity index (χ0n) is 10.3. The highest BCUT2D eigenvalue weighted by atomic mass is 15.2. The summed E-state index contributed by atoms with van der Waals surface area (Å²) in [4.78, 5) is 11.1. The van der Waals surface area contributed by atoms with Gasteiger partial charge in [-0.05, 0) is 32.6 Å². The second kappa shape index (κ2) is 4.68. The fourth-order valence-electron chi connectivity index (χ4n) is 1.85. The zero-order chi connectivity index (χ0) is 11.5. The van der Waals surface area contributed by atoms with Gasteiger partial charge in [-0.1, -0.05) is 0 Å². The third kappa shape index (κ3) is 2.43. The van der Waals surface area contributed by atoms with E-state index >= 15 is 0 Å². The molecule has 0 bridgehead atoms. The predicted molar refractivity (Wildman–Crippen MR) is 66.9 cm³/mol. The molecule has 0 atom stereocenters. The summed E-state index contributed by atoms with van der Waals surface area (Å²) < 4.78 is 0. The van der Waals surface area contributed by atoms with E-state index in [2.05, 4.69) is 34.0 Å². The molecule has 0 amide bonds. The summed E-state index contributed by atoms with van der Waals surface area (Å²) >= 11 is 0. The predicted octanol–water partition coefficient (Wildman–Crippen LogP) is 2.06. The first kappa shape index (κ1) is 11.2. The minimum Gasteiger partial charge on any atom is -0.357 e. The van der Waals surface area contributed by atoms with Crippen molar-refractivity contribution in [3.05, 3.63) is 11.8 Å². The molecule has 1 N–H and O–H groups in total. The Morgan fingerprint density at radius 3 is 2.81 bits per heavy atom. The lowest BCUT2D eigenvalue weighted by atomic mass is 10.3. The minimum atomic E-state index is 0.704. The van der Waals surface area contributed by atoms with Gasteiger partial charge in [0.25, 0.3) is 0 Å². The van der Waals surface area contributed by atoms with Crippen LogP contribution in [0.1, 0.15) is 25.3 Å². The summed E-state index contributed by atoms with van der Waals surface area (Å²) in [5.74, 6) is 2.66. The smallest absolute Gasteiger partial charge is 0.224 e. The number of aryl methyl sites for hydroxylation is 1. The van der Waals surface area contributed by atoms with E-state index in [1.54, 1.807) is 0 Å². The minimum absolute atomic E-state index is 0.704. The standard InChI is InChI=1S/C12H20N4/c1-4-16(8-10-5-6-10)11-9(2)7-14-12(13-3)15-11/h7,10H,4-6,8H2,1-3H3,(H,13,14,15). The highest BCUT2D eigenvalue weighted by Crippen LogP contribution is 2.31. The molecule has 1 aromatic heterocycles. The molecule has 88 valence electrons. The summed E-state index contributed by atoms with van der Waals surface area (Å²) in [6.45, 7) is 6.41. The van der Waals surface area contributed by atoms with Gasteiger partial charge in [-0.15, -0.1) is 0 Å². The van der Waals surface area contributed by atoms with Crippen LogP contribution in [0.3, 0.4) is 0 Å². The second-order valence-corrected chi connectivity index (χ2v) is 4.43. The van der Waals surface area contributed by atoms with Crippen molar-refractivity contribution in [2.75, 3.05) is 30.4 Å². The number of nitrogens with one attached hydrogen (secondary N) is 1. The third-order valence-electron chi connectivity index (χ3n) is 3.03. The van der Waals surface area contributed by atoms with Crippen LogP contribution in [0.4, 0.5) is 11.8 Å². The topological polar surface area (TPSA) is 41.1 Å². The molecule has 1 aliphatic rings. The van der Waals surface area contributed by atoms with Crippen molar-refractivity contribution in [2.45, 2.75) is 26.7 Å². The van der Waals surface area contributed by atoms with Crippen LogP contribution in [0.25, 0.3) is 0 Å². The Kier molecular flexibility index (Phi) is 3.27. The Morgan fingerprint density at radius 1 is 1.50 bits per heavy atom. The van der Waals surface area contributed by atoms with Crippen LogP contribution in [-0.2, 0) is 0 Å². The van der Waals surface area contributed by atoms with Crippen molar-refractivity contribution in [1.29, 1.82) is 0 Å². The van der Waals surface area contributed by atoms with Gasteiger partial charge in [0.1, 0.15) is 5.82 Å². The molecule has 1 aliphatic carbocycles. The van der Waals surface area contributed by atoms with Crippen molar-refractivity contribution in [3.8, 4) is 0 Å². The van der Waals surface area contributed by atoms with Gasteiger partial charge in [-0.2, -0.15) is 4.98 Å². The van der Waals surface area contributed by atoms with E-state index in [1.165, 1.54) is 12.8 Å². The molecule has 0 unspecified atom stereocenters. The van der Waals surface area contributed by atoms with Crippen LogP contribution < -0.4 is 10.2 Å². The van der Waals surface area contributed by atoms with Gasteiger partial charge in [0, 0.05) is 31.9 Å². The molecule has 0 saturated heterocycles. The molecule has 0 radical (unpaired) electrons. The lowest BCUT2D eigenvalue weighted by molar-refractivity contribution is 0.728. The maximum Gasteiger partial charge on any atom is 0.224 e. The Morgan fingerprint density at radius 2 is 2.25 bits per heavy atom. The molecule has 1 aromatic rings. The van der Waals surface area contributed by atoms with Crippen molar-refractivity contribution < 1.29 is 0 Å². The van der Waals surface area contributed by atoms with Crippen LogP contribution in [0.15, 0.2) is 6.20 Å². The largest absolute Gasteiger partial charge is 0.357 e. The van der Waals surface area contributed by atoms with Gasteiger partial charge >= 0.3 is 0 Å². The molecule has 4 nitrogen and oxygen atoms in total. The maximum absolute atomic E-state index is 4.55. The van der Waals surface area contributed by atoms with Crippen LogP contribution in [0.2, 0.25) is 0 Å². The summed E-state index contributed by atoms with van der Waals surface area (Å²) in [6.07, 6.45) is 4.64. The second-order valence-electron chi connectivity index (χ2n) is 4.43. The summed E-state index contributed by atoms with van der Waals surface area (Å²) in [5, 5.41) is 2.99. The number of hydrogen-bond acceptors (Lipinski definition) is 4. The number of aromatic nitrogens is 2. The Hall–Kier alpha value is -1.32. The fourth-order valence-corrected chi connectivity index (χ4v) is 1.85. The van der Waals surface area contributed by atoms with E-state index < -0.39 is 0 Å². The van der Waals surface area contributed by atoms with Gasteiger partial charge in [0.2, 0.25) is 5.95 Å². The van der Waals surface area contributed by atoms with Crippen LogP contribution in [0, 0.1) is 12.8 Å². The van der Waals surface area contributed by atoms with E-state index in [1.807, 2.05) is 13.2 Å². The molecular weight excluding hydrogens is 200 g/mol. The Balaban J connectivity index is 2.20. The molecule has 16 heavy (non-hydrogen) atoms.